The van der Waals surface area contributed by atoms with Gasteiger partial charge in [-0.25, -0.2) is 0 Å². The third-order valence-electron chi connectivity index (χ3n) is 4.60. The normalized spacial score (nSPS) is 13.1. The van der Waals surface area contributed by atoms with E-state index in [1.54, 1.807) is 23.1 Å². The number of ether oxygens (including phenoxy) is 1. The highest BCUT2D eigenvalue weighted by atomic mass is 35.5. The first-order chi connectivity index (χ1) is 12.5. The van der Waals surface area contributed by atoms with Gasteiger partial charge in [0, 0.05) is 25.7 Å². The quantitative estimate of drug-likeness (QED) is 0.827. The van der Waals surface area contributed by atoms with Crippen LogP contribution in [0.1, 0.15) is 18.1 Å². The van der Waals surface area contributed by atoms with E-state index in [1.807, 2.05) is 18.2 Å². The summed E-state index contributed by atoms with van der Waals surface area (Å²) in [6.07, 6.45) is 0.830. The molecular weight excluding hydrogens is 352 g/mol. The van der Waals surface area contributed by atoms with E-state index in [-0.39, 0.29) is 18.4 Å². The van der Waals surface area contributed by atoms with E-state index in [9.17, 15) is 9.59 Å². The van der Waals surface area contributed by atoms with Crippen LogP contribution in [0.5, 0.6) is 5.75 Å². The number of rotatable bonds is 4. The molecule has 6 heteroatoms. The van der Waals surface area contributed by atoms with Gasteiger partial charge in [0.05, 0.1) is 12.1 Å². The predicted octanol–water partition coefficient (Wildman–Crippen LogP) is 3.29. The van der Waals surface area contributed by atoms with Gasteiger partial charge in [-0.2, -0.15) is 0 Å². The van der Waals surface area contributed by atoms with Crippen LogP contribution in [0.4, 0.5) is 5.69 Å². The van der Waals surface area contributed by atoms with Crippen molar-refractivity contribution in [3.8, 4) is 5.75 Å². The van der Waals surface area contributed by atoms with Gasteiger partial charge < -0.3 is 14.5 Å². The molecule has 0 unspecified atom stereocenters. The van der Waals surface area contributed by atoms with Crippen molar-refractivity contribution in [3.63, 3.8) is 0 Å². The predicted molar refractivity (Wildman–Crippen MR) is 102 cm³/mol. The van der Waals surface area contributed by atoms with Gasteiger partial charge in [0.2, 0.25) is 11.8 Å². The summed E-state index contributed by atoms with van der Waals surface area (Å²) in [7, 11) is 1.53. The van der Waals surface area contributed by atoms with E-state index in [1.165, 1.54) is 24.5 Å². The van der Waals surface area contributed by atoms with Crippen LogP contribution in [0.25, 0.3) is 0 Å². The van der Waals surface area contributed by atoms with Crippen molar-refractivity contribution in [3.05, 3.63) is 58.6 Å². The molecule has 1 aliphatic rings. The molecule has 0 saturated carbocycles. The van der Waals surface area contributed by atoms with Crippen molar-refractivity contribution >= 4 is 29.1 Å². The lowest BCUT2D eigenvalue weighted by molar-refractivity contribution is -0.132. The SMILES string of the molecule is COc1ccc(N(CC(=O)N2CCc3ccccc3C2)C(C)=O)cc1Cl. The minimum absolute atomic E-state index is 0.0137. The summed E-state index contributed by atoms with van der Waals surface area (Å²) in [5, 5.41) is 0.399. The Kier molecular flexibility index (Phi) is 5.47. The summed E-state index contributed by atoms with van der Waals surface area (Å²) < 4.78 is 5.14. The minimum atomic E-state index is -0.211. The molecule has 0 aliphatic carbocycles. The molecule has 0 radical (unpaired) electrons. The largest absolute Gasteiger partial charge is 0.495 e. The molecule has 1 heterocycles. The number of methoxy groups -OCH3 is 1. The zero-order chi connectivity index (χ0) is 18.7. The van der Waals surface area contributed by atoms with Gasteiger partial charge in [0.15, 0.2) is 0 Å². The first-order valence-electron chi connectivity index (χ1n) is 8.46. The van der Waals surface area contributed by atoms with Crippen molar-refractivity contribution < 1.29 is 14.3 Å². The Morgan fingerprint density at radius 1 is 1.19 bits per heavy atom. The number of fused-ring (bicyclic) bond motifs is 1. The topological polar surface area (TPSA) is 49.9 Å². The van der Waals surface area contributed by atoms with Gasteiger partial charge in [0.1, 0.15) is 12.3 Å². The number of carbonyl (C=O) groups is 2. The first kappa shape index (κ1) is 18.3. The molecule has 136 valence electrons. The fraction of sp³-hybridized carbons (Fsp3) is 0.300. The van der Waals surface area contributed by atoms with E-state index in [4.69, 9.17) is 16.3 Å². The number of benzene rings is 2. The number of hydrogen-bond donors (Lipinski definition) is 0. The summed E-state index contributed by atoms with van der Waals surface area (Å²) in [6.45, 7) is 2.66. The summed E-state index contributed by atoms with van der Waals surface area (Å²) in [5.74, 6) is 0.233. The third-order valence-corrected chi connectivity index (χ3v) is 4.90. The highest BCUT2D eigenvalue weighted by Gasteiger charge is 2.24. The maximum absolute atomic E-state index is 12.8. The molecule has 0 bridgehead atoms. The van der Waals surface area contributed by atoms with Gasteiger partial charge >= 0.3 is 0 Å². The lowest BCUT2D eigenvalue weighted by Gasteiger charge is -2.31. The highest BCUT2D eigenvalue weighted by molar-refractivity contribution is 6.32. The smallest absolute Gasteiger partial charge is 0.242 e. The van der Waals surface area contributed by atoms with E-state index in [0.717, 1.165) is 12.0 Å². The Bertz CT molecular complexity index is 838. The lowest BCUT2D eigenvalue weighted by Crippen LogP contribution is -2.44. The summed E-state index contributed by atoms with van der Waals surface area (Å²) in [4.78, 5) is 28.1. The molecule has 0 spiro atoms. The Hall–Kier alpha value is -2.53. The van der Waals surface area contributed by atoms with Gasteiger partial charge in [-0.1, -0.05) is 35.9 Å². The molecule has 1 aliphatic heterocycles. The summed E-state index contributed by atoms with van der Waals surface area (Å²) in [6, 6.07) is 13.2. The zero-order valence-corrected chi connectivity index (χ0v) is 15.6. The van der Waals surface area contributed by atoms with Crippen LogP contribution in [0.3, 0.4) is 0 Å². The van der Waals surface area contributed by atoms with E-state index >= 15 is 0 Å². The van der Waals surface area contributed by atoms with Crippen molar-refractivity contribution in [2.45, 2.75) is 19.9 Å². The van der Waals surface area contributed by atoms with E-state index < -0.39 is 0 Å². The standard InChI is InChI=1S/C20H21ClN2O3/c1-14(24)23(17-7-8-19(26-2)18(21)11-17)13-20(25)22-10-9-15-5-3-4-6-16(15)12-22/h3-8,11H,9-10,12-13H2,1-2H3. The van der Waals surface area contributed by atoms with Gasteiger partial charge in [-0.15, -0.1) is 0 Å². The number of nitrogens with zero attached hydrogens (tertiary/aromatic N) is 2. The average molecular weight is 373 g/mol. The molecule has 0 N–H and O–H groups in total. The number of hydrogen-bond acceptors (Lipinski definition) is 3. The molecule has 2 amide bonds. The minimum Gasteiger partial charge on any atom is -0.495 e. The first-order valence-corrected chi connectivity index (χ1v) is 8.83. The average Bonchev–Trinajstić information content (AvgIpc) is 2.65. The molecule has 0 fully saturated rings. The summed E-state index contributed by atoms with van der Waals surface area (Å²) in [5.41, 5.74) is 3.02. The number of halogens is 1. The van der Waals surface area contributed by atoms with E-state index in [2.05, 4.69) is 6.07 Å². The van der Waals surface area contributed by atoms with Crippen molar-refractivity contribution in [2.75, 3.05) is 25.1 Å². The van der Waals surface area contributed by atoms with Crippen LogP contribution in [0, 0.1) is 0 Å². The molecular formula is C20H21ClN2O3. The number of anilines is 1. The molecule has 3 rings (SSSR count). The van der Waals surface area contributed by atoms with Crippen LogP contribution in [0.15, 0.2) is 42.5 Å². The highest BCUT2D eigenvalue weighted by Crippen LogP contribution is 2.29. The zero-order valence-electron chi connectivity index (χ0n) is 14.9. The summed E-state index contributed by atoms with van der Waals surface area (Å²) >= 11 is 6.16. The Morgan fingerprint density at radius 3 is 2.58 bits per heavy atom. The maximum Gasteiger partial charge on any atom is 0.242 e. The molecule has 5 nitrogen and oxygen atoms in total. The van der Waals surface area contributed by atoms with Crippen LogP contribution < -0.4 is 9.64 Å². The van der Waals surface area contributed by atoms with Crippen LogP contribution >= 0.6 is 11.6 Å². The van der Waals surface area contributed by atoms with Crippen LogP contribution in [-0.2, 0) is 22.6 Å². The van der Waals surface area contributed by atoms with Gasteiger partial charge in [-0.05, 0) is 35.7 Å². The fourth-order valence-corrected chi connectivity index (χ4v) is 3.40. The Morgan fingerprint density at radius 2 is 1.92 bits per heavy atom. The van der Waals surface area contributed by atoms with Gasteiger partial charge in [-0.3, -0.25) is 9.59 Å². The van der Waals surface area contributed by atoms with Crippen LogP contribution in [0.2, 0.25) is 5.02 Å². The van der Waals surface area contributed by atoms with Crippen molar-refractivity contribution in [1.82, 2.24) is 4.90 Å². The molecule has 2 aromatic rings. The van der Waals surface area contributed by atoms with Crippen molar-refractivity contribution in [2.24, 2.45) is 0 Å². The second kappa shape index (κ2) is 7.79. The molecule has 2 aromatic carbocycles. The van der Waals surface area contributed by atoms with Crippen molar-refractivity contribution in [1.29, 1.82) is 0 Å². The van der Waals surface area contributed by atoms with Gasteiger partial charge in [0.25, 0.3) is 0 Å². The molecule has 26 heavy (non-hydrogen) atoms. The second-order valence-corrected chi connectivity index (χ2v) is 6.67. The maximum atomic E-state index is 12.8. The Labute approximate surface area is 158 Å². The van der Waals surface area contributed by atoms with E-state index in [0.29, 0.717) is 29.5 Å². The fourth-order valence-electron chi connectivity index (χ4n) is 3.15. The Balaban J connectivity index is 1.75. The third kappa shape index (κ3) is 3.83. The lowest BCUT2D eigenvalue weighted by atomic mass is 10.00. The number of amides is 2. The number of carbonyl (C=O) groups excluding carboxylic acids is 2. The molecule has 0 saturated heterocycles. The monoisotopic (exact) mass is 372 g/mol. The van der Waals surface area contributed by atoms with Crippen LogP contribution in [-0.4, -0.2) is 36.9 Å². The second-order valence-electron chi connectivity index (χ2n) is 6.26. The molecule has 0 aromatic heterocycles. The molecule has 0 atom stereocenters.